The second-order valence-electron chi connectivity index (χ2n) is 6.12. The van der Waals surface area contributed by atoms with Gasteiger partial charge in [0.15, 0.2) is 0 Å². The second kappa shape index (κ2) is 7.03. The zero-order valence-electron chi connectivity index (χ0n) is 14.9. The summed E-state index contributed by atoms with van der Waals surface area (Å²) in [5, 5.41) is 0. The van der Waals surface area contributed by atoms with Crippen LogP contribution in [0.5, 0.6) is 11.5 Å². The zero-order valence-corrected chi connectivity index (χ0v) is 14.9. The summed E-state index contributed by atoms with van der Waals surface area (Å²) in [5.41, 5.74) is 1.70. The van der Waals surface area contributed by atoms with E-state index in [4.69, 9.17) is 9.47 Å². The van der Waals surface area contributed by atoms with E-state index in [1.165, 1.54) is 12.8 Å². The summed E-state index contributed by atoms with van der Waals surface area (Å²) in [4.78, 5) is 15.8. The molecular weight excluding hydrogens is 330 g/mol. The Morgan fingerprint density at radius 1 is 0.962 bits per heavy atom. The molecule has 0 N–H and O–H groups in total. The number of imidazole rings is 1. The predicted octanol–water partition coefficient (Wildman–Crippen LogP) is 2.95. The molecule has 0 unspecified atom stereocenters. The average molecular weight is 351 g/mol. The third-order valence-electron chi connectivity index (χ3n) is 4.57. The molecule has 1 aliphatic heterocycles. The Kier molecular flexibility index (Phi) is 4.43. The van der Waals surface area contributed by atoms with E-state index < -0.39 is 0 Å². The highest BCUT2D eigenvalue weighted by Crippen LogP contribution is 2.31. The van der Waals surface area contributed by atoms with Crippen molar-refractivity contribution in [1.29, 1.82) is 0 Å². The Morgan fingerprint density at radius 3 is 2.42 bits per heavy atom. The number of hydrogen-bond donors (Lipinski definition) is 0. The van der Waals surface area contributed by atoms with Crippen molar-refractivity contribution in [3.8, 4) is 28.6 Å². The van der Waals surface area contributed by atoms with E-state index in [2.05, 4.69) is 19.9 Å². The van der Waals surface area contributed by atoms with Crippen LogP contribution < -0.4 is 14.4 Å². The van der Waals surface area contributed by atoms with Crippen LogP contribution >= 0.6 is 0 Å². The standard InChI is InChI=1S/C19H21N5O2/c1-25-15-5-6-17(26-2)16(11-15)24-10-7-20-18(24)14-12-21-19(22-13-14)23-8-3-4-9-23/h5-7,10-13H,3-4,8-9H2,1-2H3. The first kappa shape index (κ1) is 16.4. The van der Waals surface area contributed by atoms with Gasteiger partial charge in [-0.1, -0.05) is 0 Å². The van der Waals surface area contributed by atoms with Crippen molar-refractivity contribution in [2.24, 2.45) is 0 Å². The second-order valence-corrected chi connectivity index (χ2v) is 6.12. The molecule has 26 heavy (non-hydrogen) atoms. The molecule has 7 nitrogen and oxygen atoms in total. The molecule has 0 bridgehead atoms. The highest BCUT2D eigenvalue weighted by atomic mass is 16.5. The highest BCUT2D eigenvalue weighted by Gasteiger charge is 2.17. The highest BCUT2D eigenvalue weighted by molar-refractivity contribution is 5.61. The van der Waals surface area contributed by atoms with Crippen molar-refractivity contribution >= 4 is 5.95 Å². The normalized spacial score (nSPS) is 13.8. The van der Waals surface area contributed by atoms with E-state index in [-0.39, 0.29) is 0 Å². The maximum absolute atomic E-state index is 5.50. The van der Waals surface area contributed by atoms with Gasteiger partial charge in [-0.15, -0.1) is 0 Å². The molecule has 0 atom stereocenters. The molecule has 1 fully saturated rings. The van der Waals surface area contributed by atoms with Crippen molar-refractivity contribution < 1.29 is 9.47 Å². The minimum Gasteiger partial charge on any atom is -0.497 e. The van der Waals surface area contributed by atoms with Crippen LogP contribution in [0.15, 0.2) is 43.0 Å². The molecule has 1 saturated heterocycles. The van der Waals surface area contributed by atoms with Crippen LogP contribution in [0, 0.1) is 0 Å². The predicted molar refractivity (Wildman–Crippen MR) is 99.1 cm³/mol. The van der Waals surface area contributed by atoms with Crippen LogP contribution in [0.25, 0.3) is 17.1 Å². The monoisotopic (exact) mass is 351 g/mol. The van der Waals surface area contributed by atoms with E-state index >= 15 is 0 Å². The fourth-order valence-electron chi connectivity index (χ4n) is 3.21. The largest absolute Gasteiger partial charge is 0.497 e. The van der Waals surface area contributed by atoms with Gasteiger partial charge in [-0.2, -0.15) is 0 Å². The summed E-state index contributed by atoms with van der Waals surface area (Å²) in [6.07, 6.45) is 9.69. The minimum absolute atomic E-state index is 0.736. The first-order valence-corrected chi connectivity index (χ1v) is 8.63. The lowest BCUT2D eigenvalue weighted by Crippen LogP contribution is -2.20. The van der Waals surface area contributed by atoms with Crippen molar-refractivity contribution in [3.63, 3.8) is 0 Å². The van der Waals surface area contributed by atoms with Crippen LogP contribution in [-0.2, 0) is 0 Å². The number of benzene rings is 1. The molecule has 1 aliphatic rings. The molecule has 2 aromatic heterocycles. The molecule has 7 heteroatoms. The van der Waals surface area contributed by atoms with Gasteiger partial charge in [0.2, 0.25) is 5.95 Å². The molecule has 4 rings (SSSR count). The Bertz CT molecular complexity index is 885. The van der Waals surface area contributed by atoms with Crippen LogP contribution in [0.1, 0.15) is 12.8 Å². The van der Waals surface area contributed by atoms with Crippen LogP contribution in [0.3, 0.4) is 0 Å². The number of ether oxygens (including phenoxy) is 2. The fraction of sp³-hybridized carbons (Fsp3) is 0.316. The Morgan fingerprint density at radius 2 is 1.73 bits per heavy atom. The Labute approximate surface area is 152 Å². The van der Waals surface area contributed by atoms with Gasteiger partial charge >= 0.3 is 0 Å². The SMILES string of the molecule is COc1ccc(OC)c(-n2ccnc2-c2cnc(N3CCCC3)nc2)c1. The summed E-state index contributed by atoms with van der Waals surface area (Å²) in [6, 6.07) is 5.67. The molecular formula is C19H21N5O2. The molecule has 0 radical (unpaired) electrons. The van der Waals surface area contributed by atoms with Gasteiger partial charge in [-0.05, 0) is 25.0 Å². The van der Waals surface area contributed by atoms with Gasteiger partial charge in [0.05, 0.1) is 25.5 Å². The van der Waals surface area contributed by atoms with Gasteiger partial charge in [-0.3, -0.25) is 4.57 Å². The summed E-state index contributed by atoms with van der Waals surface area (Å²) in [6.45, 7) is 2.05. The van der Waals surface area contributed by atoms with Gasteiger partial charge in [-0.25, -0.2) is 15.0 Å². The third kappa shape index (κ3) is 2.96. The van der Waals surface area contributed by atoms with Gasteiger partial charge < -0.3 is 14.4 Å². The van der Waals surface area contributed by atoms with E-state index in [9.17, 15) is 0 Å². The molecule has 3 heterocycles. The quantitative estimate of drug-likeness (QED) is 0.704. The maximum Gasteiger partial charge on any atom is 0.225 e. The molecule has 0 amide bonds. The smallest absolute Gasteiger partial charge is 0.225 e. The third-order valence-corrected chi connectivity index (χ3v) is 4.57. The lowest BCUT2D eigenvalue weighted by Gasteiger charge is -2.15. The first-order valence-electron chi connectivity index (χ1n) is 8.63. The van der Waals surface area contributed by atoms with Crippen molar-refractivity contribution in [2.45, 2.75) is 12.8 Å². The number of anilines is 1. The van der Waals surface area contributed by atoms with Crippen molar-refractivity contribution in [2.75, 3.05) is 32.2 Å². The topological polar surface area (TPSA) is 65.3 Å². The van der Waals surface area contributed by atoms with Crippen LogP contribution in [0.2, 0.25) is 0 Å². The van der Waals surface area contributed by atoms with Gasteiger partial charge in [0.1, 0.15) is 17.3 Å². The van der Waals surface area contributed by atoms with Crippen LogP contribution in [0.4, 0.5) is 5.95 Å². The van der Waals surface area contributed by atoms with E-state index in [0.29, 0.717) is 0 Å². The van der Waals surface area contributed by atoms with E-state index in [1.54, 1.807) is 20.4 Å². The number of aromatic nitrogens is 4. The number of rotatable bonds is 5. The maximum atomic E-state index is 5.50. The van der Waals surface area contributed by atoms with Gasteiger partial charge in [0.25, 0.3) is 0 Å². The molecule has 3 aromatic rings. The average Bonchev–Trinajstić information content (AvgIpc) is 3.39. The lowest BCUT2D eigenvalue weighted by molar-refractivity contribution is 0.401. The molecule has 0 saturated carbocycles. The van der Waals surface area contributed by atoms with Gasteiger partial charge in [0, 0.05) is 43.9 Å². The first-order chi connectivity index (χ1) is 12.8. The zero-order chi connectivity index (χ0) is 17.9. The van der Waals surface area contributed by atoms with Crippen molar-refractivity contribution in [3.05, 3.63) is 43.0 Å². The molecule has 1 aromatic carbocycles. The molecule has 134 valence electrons. The Balaban J connectivity index is 1.71. The fourth-order valence-corrected chi connectivity index (χ4v) is 3.21. The Hall–Kier alpha value is -3.09. The van der Waals surface area contributed by atoms with Crippen molar-refractivity contribution in [1.82, 2.24) is 19.5 Å². The number of methoxy groups -OCH3 is 2. The minimum atomic E-state index is 0.736. The summed E-state index contributed by atoms with van der Waals surface area (Å²) in [7, 11) is 3.29. The van der Waals surface area contributed by atoms with Crippen LogP contribution in [-0.4, -0.2) is 46.8 Å². The summed E-state index contributed by atoms with van der Waals surface area (Å²) >= 11 is 0. The molecule has 0 aliphatic carbocycles. The molecule has 0 spiro atoms. The lowest BCUT2D eigenvalue weighted by atomic mass is 10.2. The summed E-state index contributed by atoms with van der Waals surface area (Å²) < 4.78 is 12.8. The number of nitrogens with zero attached hydrogens (tertiary/aromatic N) is 5. The summed E-state index contributed by atoms with van der Waals surface area (Å²) in [5.74, 6) is 3.02. The number of hydrogen-bond acceptors (Lipinski definition) is 6. The van der Waals surface area contributed by atoms with E-state index in [0.717, 1.165) is 47.6 Å². The van der Waals surface area contributed by atoms with E-state index in [1.807, 2.05) is 41.4 Å².